The van der Waals surface area contributed by atoms with Crippen molar-refractivity contribution in [3.05, 3.63) is 40.8 Å². The quantitative estimate of drug-likeness (QED) is 0.632. The van der Waals surface area contributed by atoms with Gasteiger partial charge in [0.25, 0.3) is 5.91 Å². The molecule has 1 N–H and O–H groups in total. The number of rotatable bonds is 4. The van der Waals surface area contributed by atoms with Crippen LogP contribution in [0.3, 0.4) is 0 Å². The first-order valence-corrected chi connectivity index (χ1v) is 12.3. The maximum atomic E-state index is 13.4. The SMILES string of the molecule is O=C(c1nn2c(-c3cn[nH]c3)cc(C3CC3)cc2c1Cl)N1CCN(C2CCCCC2)C(=O)C1. The van der Waals surface area contributed by atoms with E-state index >= 15 is 0 Å². The van der Waals surface area contributed by atoms with Crippen LogP contribution >= 0.6 is 11.6 Å². The van der Waals surface area contributed by atoms with E-state index in [0.717, 1.165) is 36.9 Å². The van der Waals surface area contributed by atoms with Crippen LogP contribution in [0.5, 0.6) is 0 Å². The van der Waals surface area contributed by atoms with E-state index in [9.17, 15) is 9.59 Å². The molecule has 0 radical (unpaired) electrons. The fourth-order valence-electron chi connectivity index (χ4n) is 5.31. The van der Waals surface area contributed by atoms with Gasteiger partial charge in [-0.25, -0.2) is 4.52 Å². The van der Waals surface area contributed by atoms with Gasteiger partial charge in [-0.2, -0.15) is 10.2 Å². The third kappa shape index (κ3) is 3.70. The van der Waals surface area contributed by atoms with Crippen molar-refractivity contribution in [3.8, 4) is 11.3 Å². The Morgan fingerprint density at radius 2 is 1.91 bits per heavy atom. The van der Waals surface area contributed by atoms with Crippen LogP contribution in [0.25, 0.3) is 16.8 Å². The van der Waals surface area contributed by atoms with Crippen molar-refractivity contribution in [1.82, 2.24) is 29.6 Å². The van der Waals surface area contributed by atoms with E-state index < -0.39 is 0 Å². The molecule has 0 atom stereocenters. The Balaban J connectivity index is 1.30. The number of amides is 2. The molecule has 6 rings (SSSR count). The van der Waals surface area contributed by atoms with Crippen molar-refractivity contribution in [2.24, 2.45) is 0 Å². The lowest BCUT2D eigenvalue weighted by atomic mass is 9.93. The van der Waals surface area contributed by atoms with Crippen molar-refractivity contribution in [2.45, 2.75) is 56.9 Å². The van der Waals surface area contributed by atoms with Crippen LogP contribution < -0.4 is 0 Å². The van der Waals surface area contributed by atoms with Gasteiger partial charge in [-0.1, -0.05) is 30.9 Å². The Kier molecular flexibility index (Phi) is 5.13. The number of aromatic amines is 1. The van der Waals surface area contributed by atoms with E-state index in [1.165, 1.54) is 24.8 Å². The summed E-state index contributed by atoms with van der Waals surface area (Å²) in [6, 6.07) is 4.47. The summed E-state index contributed by atoms with van der Waals surface area (Å²) in [7, 11) is 0. The van der Waals surface area contributed by atoms with Gasteiger partial charge < -0.3 is 9.80 Å². The lowest BCUT2D eigenvalue weighted by Crippen LogP contribution is -2.55. The second-order valence-corrected chi connectivity index (χ2v) is 9.88. The van der Waals surface area contributed by atoms with Crippen LogP contribution in [0.15, 0.2) is 24.5 Å². The average Bonchev–Trinajstić information content (AvgIpc) is 3.44. The molecule has 3 aromatic heterocycles. The third-order valence-corrected chi connectivity index (χ3v) is 7.67. The molecule has 9 heteroatoms. The Hall–Kier alpha value is -2.87. The van der Waals surface area contributed by atoms with Crippen LogP contribution in [-0.4, -0.2) is 67.1 Å². The molecule has 3 aromatic rings. The van der Waals surface area contributed by atoms with Gasteiger partial charge in [0, 0.05) is 30.9 Å². The molecule has 2 amide bonds. The number of hydrogen-bond donors (Lipinski definition) is 1. The van der Waals surface area contributed by atoms with Crippen molar-refractivity contribution in [3.63, 3.8) is 0 Å². The topological polar surface area (TPSA) is 86.6 Å². The van der Waals surface area contributed by atoms with Gasteiger partial charge in [0.2, 0.25) is 5.91 Å². The van der Waals surface area contributed by atoms with E-state index in [-0.39, 0.29) is 24.1 Å². The van der Waals surface area contributed by atoms with E-state index in [1.807, 2.05) is 17.2 Å². The van der Waals surface area contributed by atoms with Crippen molar-refractivity contribution in [2.75, 3.05) is 19.6 Å². The average molecular weight is 467 g/mol. The molecule has 1 aliphatic heterocycles. The summed E-state index contributed by atoms with van der Waals surface area (Å²) >= 11 is 6.74. The highest BCUT2D eigenvalue weighted by molar-refractivity contribution is 6.37. The van der Waals surface area contributed by atoms with E-state index in [0.29, 0.717) is 35.6 Å². The van der Waals surface area contributed by atoms with Gasteiger partial charge in [-0.3, -0.25) is 14.7 Å². The number of H-pyrrole nitrogens is 1. The lowest BCUT2D eigenvalue weighted by Gasteiger charge is -2.40. The number of piperazine rings is 1. The normalized spacial score (nSPS) is 20.1. The van der Waals surface area contributed by atoms with Gasteiger partial charge in [0.1, 0.15) is 6.54 Å². The summed E-state index contributed by atoms with van der Waals surface area (Å²) in [6.45, 7) is 1.17. The molecule has 3 aliphatic rings. The van der Waals surface area contributed by atoms with Crippen LogP contribution in [-0.2, 0) is 4.79 Å². The van der Waals surface area contributed by atoms with Gasteiger partial charge in [-0.15, -0.1) is 0 Å². The van der Waals surface area contributed by atoms with Crippen LogP contribution in [0.1, 0.15) is 66.9 Å². The number of hydrogen-bond acceptors (Lipinski definition) is 4. The van der Waals surface area contributed by atoms with Crippen molar-refractivity contribution >= 4 is 28.9 Å². The highest BCUT2D eigenvalue weighted by atomic mass is 35.5. The van der Waals surface area contributed by atoms with Gasteiger partial charge in [-0.05, 0) is 49.3 Å². The number of nitrogens with one attached hydrogen (secondary N) is 1. The Morgan fingerprint density at radius 3 is 2.61 bits per heavy atom. The first kappa shape index (κ1) is 20.7. The molecule has 0 bridgehead atoms. The molecule has 4 heterocycles. The molecular weight excluding hydrogens is 440 g/mol. The highest BCUT2D eigenvalue weighted by Crippen LogP contribution is 2.42. The Morgan fingerprint density at radius 1 is 1.09 bits per heavy atom. The van der Waals surface area contributed by atoms with Crippen LogP contribution in [0, 0.1) is 0 Å². The van der Waals surface area contributed by atoms with Gasteiger partial charge >= 0.3 is 0 Å². The fraction of sp³-hybridized carbons (Fsp3) is 0.500. The molecule has 2 aliphatic carbocycles. The molecule has 2 saturated carbocycles. The summed E-state index contributed by atoms with van der Waals surface area (Å²) in [4.78, 5) is 29.9. The van der Waals surface area contributed by atoms with E-state index in [2.05, 4.69) is 21.4 Å². The molecular formula is C24H27ClN6O2. The maximum Gasteiger partial charge on any atom is 0.276 e. The second-order valence-electron chi connectivity index (χ2n) is 9.50. The minimum atomic E-state index is -0.286. The molecule has 8 nitrogen and oxygen atoms in total. The standard InChI is InChI=1S/C24H27ClN6O2/c25-22-20-11-16(15-6-7-15)10-19(17-12-26-27-13-17)31(20)28-23(22)24(33)29-8-9-30(21(32)14-29)18-4-2-1-3-5-18/h10-13,15,18H,1-9,14H2,(H,26,27). The number of halogens is 1. The first-order valence-electron chi connectivity index (χ1n) is 11.9. The predicted octanol–water partition coefficient (Wildman–Crippen LogP) is 3.87. The van der Waals surface area contributed by atoms with Gasteiger partial charge in [0.15, 0.2) is 5.69 Å². The molecule has 1 saturated heterocycles. The Labute approximate surface area is 196 Å². The monoisotopic (exact) mass is 466 g/mol. The molecule has 33 heavy (non-hydrogen) atoms. The summed E-state index contributed by atoms with van der Waals surface area (Å²) in [6.07, 6.45) is 11.6. The molecule has 0 spiro atoms. The second kappa shape index (κ2) is 8.17. The number of fused-ring (bicyclic) bond motifs is 1. The number of carbonyl (C=O) groups is 2. The first-order chi connectivity index (χ1) is 16.1. The number of nitrogens with zero attached hydrogens (tertiary/aromatic N) is 5. The largest absolute Gasteiger partial charge is 0.336 e. The third-order valence-electron chi connectivity index (χ3n) is 7.30. The summed E-state index contributed by atoms with van der Waals surface area (Å²) in [5.74, 6) is 0.263. The van der Waals surface area contributed by atoms with Gasteiger partial charge in [0.05, 0.1) is 22.4 Å². The number of carbonyl (C=O) groups excluding carboxylic acids is 2. The summed E-state index contributed by atoms with van der Waals surface area (Å²) in [5, 5.41) is 11.9. The number of aromatic nitrogens is 4. The molecule has 0 unspecified atom stereocenters. The predicted molar refractivity (Wildman–Crippen MR) is 124 cm³/mol. The van der Waals surface area contributed by atoms with E-state index in [4.69, 9.17) is 11.6 Å². The van der Waals surface area contributed by atoms with Crippen molar-refractivity contribution < 1.29 is 9.59 Å². The zero-order chi connectivity index (χ0) is 22.5. The molecule has 0 aromatic carbocycles. The van der Waals surface area contributed by atoms with E-state index in [1.54, 1.807) is 15.6 Å². The highest BCUT2D eigenvalue weighted by Gasteiger charge is 2.35. The maximum absolute atomic E-state index is 13.4. The van der Waals surface area contributed by atoms with Crippen LogP contribution in [0.4, 0.5) is 0 Å². The minimum Gasteiger partial charge on any atom is -0.336 e. The summed E-state index contributed by atoms with van der Waals surface area (Å²) in [5.41, 5.74) is 3.86. The Bertz CT molecular complexity index is 1210. The smallest absolute Gasteiger partial charge is 0.276 e. The molecule has 172 valence electrons. The van der Waals surface area contributed by atoms with Crippen molar-refractivity contribution in [1.29, 1.82) is 0 Å². The molecule has 3 fully saturated rings. The zero-order valence-electron chi connectivity index (χ0n) is 18.5. The zero-order valence-corrected chi connectivity index (χ0v) is 19.2. The minimum absolute atomic E-state index is 0.0245. The summed E-state index contributed by atoms with van der Waals surface area (Å²) < 4.78 is 1.73. The lowest BCUT2D eigenvalue weighted by molar-refractivity contribution is -0.138. The number of pyridine rings is 1. The fourth-order valence-corrected chi connectivity index (χ4v) is 5.57. The van der Waals surface area contributed by atoms with Crippen LogP contribution in [0.2, 0.25) is 5.02 Å².